The summed E-state index contributed by atoms with van der Waals surface area (Å²) >= 11 is 6.27. The average Bonchev–Trinajstić information content (AvgIpc) is 3.23. The monoisotopic (exact) mass is 402 g/mol. The van der Waals surface area contributed by atoms with E-state index in [4.69, 9.17) is 16.0 Å². The van der Waals surface area contributed by atoms with E-state index in [1.165, 1.54) is 16.9 Å². The predicted octanol–water partition coefficient (Wildman–Crippen LogP) is 3.46. The van der Waals surface area contributed by atoms with Crippen molar-refractivity contribution in [1.29, 1.82) is 0 Å². The van der Waals surface area contributed by atoms with Gasteiger partial charge in [0.1, 0.15) is 22.7 Å². The third-order valence-electron chi connectivity index (χ3n) is 4.21. The summed E-state index contributed by atoms with van der Waals surface area (Å²) in [7, 11) is 0. The molecule has 2 N–H and O–H groups in total. The molecule has 0 radical (unpaired) electrons. The summed E-state index contributed by atoms with van der Waals surface area (Å²) in [5.74, 6) is -2.46. The van der Waals surface area contributed by atoms with Gasteiger partial charge in [0, 0.05) is 17.8 Å². The van der Waals surface area contributed by atoms with Crippen LogP contribution < -0.4 is 5.32 Å². The number of nitrogens with zero attached hydrogens (tertiary/aromatic N) is 3. The van der Waals surface area contributed by atoms with Gasteiger partial charge in [0.15, 0.2) is 11.2 Å². The zero-order valence-corrected chi connectivity index (χ0v) is 15.1. The Kier molecular flexibility index (Phi) is 4.23. The number of halogens is 2. The molecule has 0 bridgehead atoms. The van der Waals surface area contributed by atoms with Crippen molar-refractivity contribution >= 4 is 40.1 Å². The molecule has 4 rings (SSSR count). The lowest BCUT2D eigenvalue weighted by molar-refractivity contribution is 0.0696. The first kappa shape index (κ1) is 17.9. The van der Waals surface area contributed by atoms with E-state index in [2.05, 4.69) is 15.4 Å². The van der Waals surface area contributed by atoms with Crippen LogP contribution in [0.15, 0.2) is 41.2 Å². The Morgan fingerprint density at radius 3 is 2.89 bits per heavy atom. The number of nitrogens with one attached hydrogen (secondary N) is 1. The van der Waals surface area contributed by atoms with E-state index < -0.39 is 23.7 Å². The van der Waals surface area contributed by atoms with Crippen LogP contribution in [0.5, 0.6) is 0 Å². The van der Waals surface area contributed by atoms with Gasteiger partial charge in [-0.15, -0.1) is 0 Å². The second kappa shape index (κ2) is 6.61. The molecule has 4 aromatic rings. The number of rotatable bonds is 4. The Morgan fingerprint density at radius 2 is 2.14 bits per heavy atom. The summed E-state index contributed by atoms with van der Waals surface area (Å²) < 4.78 is 20.8. The molecular formula is C18H12ClFN4O4. The molecular weight excluding hydrogens is 391 g/mol. The first-order chi connectivity index (χ1) is 13.4. The van der Waals surface area contributed by atoms with Gasteiger partial charge in [-0.2, -0.15) is 5.10 Å². The summed E-state index contributed by atoms with van der Waals surface area (Å²) in [5, 5.41) is 16.2. The minimum Gasteiger partial charge on any atom is -0.478 e. The van der Waals surface area contributed by atoms with Crippen molar-refractivity contribution in [2.24, 2.45) is 0 Å². The first-order valence-corrected chi connectivity index (χ1v) is 8.48. The van der Waals surface area contributed by atoms with Crippen LogP contribution in [0.4, 0.5) is 4.39 Å². The number of carboxylic acid groups (broad SMARTS) is 1. The van der Waals surface area contributed by atoms with E-state index >= 15 is 0 Å². The summed E-state index contributed by atoms with van der Waals surface area (Å²) in [6.07, 6.45) is 4.57. The highest BCUT2D eigenvalue weighted by Crippen LogP contribution is 2.36. The molecule has 8 nitrogen and oxygen atoms in total. The van der Waals surface area contributed by atoms with Crippen LogP contribution in [0.2, 0.25) is 5.02 Å². The zero-order valence-electron chi connectivity index (χ0n) is 14.3. The van der Waals surface area contributed by atoms with Crippen molar-refractivity contribution in [3.05, 3.63) is 64.5 Å². The molecule has 3 heterocycles. The highest BCUT2D eigenvalue weighted by molar-refractivity contribution is 6.36. The van der Waals surface area contributed by atoms with Crippen LogP contribution in [0, 0.1) is 5.82 Å². The Morgan fingerprint density at radius 1 is 1.36 bits per heavy atom. The fraction of sp³-hybridized carbons (Fsp3) is 0.111. The number of fused-ring (bicyclic) bond motifs is 2. The number of aromatic carboxylic acids is 1. The molecule has 0 aliphatic heterocycles. The largest absolute Gasteiger partial charge is 0.478 e. The fourth-order valence-electron chi connectivity index (χ4n) is 2.92. The lowest BCUT2D eigenvalue weighted by atomic mass is 10.1. The number of amides is 1. The van der Waals surface area contributed by atoms with Gasteiger partial charge in [0.05, 0.1) is 17.3 Å². The van der Waals surface area contributed by atoms with Crippen LogP contribution >= 0.6 is 11.6 Å². The Balaban J connectivity index is 1.70. The van der Waals surface area contributed by atoms with Gasteiger partial charge in [-0.25, -0.2) is 18.7 Å². The molecule has 0 saturated heterocycles. The van der Waals surface area contributed by atoms with Gasteiger partial charge in [0.25, 0.3) is 5.91 Å². The van der Waals surface area contributed by atoms with E-state index in [9.17, 15) is 19.1 Å². The topological polar surface area (TPSA) is 110 Å². The minimum absolute atomic E-state index is 0.0304. The third-order valence-corrected chi connectivity index (χ3v) is 4.60. The number of carbonyl (C=O) groups is 2. The maximum Gasteiger partial charge on any atom is 0.339 e. The first-order valence-electron chi connectivity index (χ1n) is 8.10. The van der Waals surface area contributed by atoms with E-state index in [1.54, 1.807) is 19.2 Å². The molecule has 1 unspecified atom stereocenters. The number of furan rings is 1. The lowest BCUT2D eigenvalue weighted by Gasteiger charge is -2.11. The van der Waals surface area contributed by atoms with Crippen LogP contribution in [0.25, 0.3) is 16.6 Å². The number of benzene rings is 1. The van der Waals surface area contributed by atoms with E-state index in [0.717, 1.165) is 12.1 Å². The van der Waals surface area contributed by atoms with Crippen LogP contribution in [0.1, 0.15) is 39.4 Å². The molecule has 0 saturated carbocycles. The predicted molar refractivity (Wildman–Crippen MR) is 97.0 cm³/mol. The van der Waals surface area contributed by atoms with Crippen LogP contribution in [-0.2, 0) is 0 Å². The second-order valence-electron chi connectivity index (χ2n) is 6.06. The smallest absolute Gasteiger partial charge is 0.339 e. The minimum atomic E-state index is -1.35. The molecule has 0 aliphatic rings. The molecule has 3 aromatic heterocycles. The van der Waals surface area contributed by atoms with E-state index in [-0.39, 0.29) is 32.9 Å². The Bertz CT molecular complexity index is 1250. The number of hydrogen-bond acceptors (Lipinski definition) is 5. The van der Waals surface area contributed by atoms with E-state index in [1.807, 2.05) is 0 Å². The molecule has 0 fully saturated rings. The summed E-state index contributed by atoms with van der Waals surface area (Å²) in [5.41, 5.74) is 0.205. The number of hydrogen-bond donors (Lipinski definition) is 2. The highest BCUT2D eigenvalue weighted by atomic mass is 35.5. The normalized spacial score (nSPS) is 12.4. The van der Waals surface area contributed by atoms with Gasteiger partial charge < -0.3 is 14.8 Å². The summed E-state index contributed by atoms with van der Waals surface area (Å²) in [6, 6.07) is 2.89. The van der Waals surface area contributed by atoms with E-state index in [0.29, 0.717) is 5.65 Å². The number of aromatic nitrogens is 3. The van der Waals surface area contributed by atoms with Crippen molar-refractivity contribution in [3.63, 3.8) is 0 Å². The molecule has 1 atom stereocenters. The SMILES string of the molecule is CC(NC(=O)c1cnn2cccnc12)c1oc2c(C(=O)O)cc(F)cc2c1Cl. The summed E-state index contributed by atoms with van der Waals surface area (Å²) in [6.45, 7) is 1.61. The van der Waals surface area contributed by atoms with Crippen molar-refractivity contribution in [2.45, 2.75) is 13.0 Å². The van der Waals surface area contributed by atoms with Crippen molar-refractivity contribution in [3.8, 4) is 0 Å². The van der Waals surface area contributed by atoms with Gasteiger partial charge in [-0.05, 0) is 25.1 Å². The zero-order chi connectivity index (χ0) is 20.0. The fourth-order valence-corrected chi connectivity index (χ4v) is 3.26. The van der Waals surface area contributed by atoms with Crippen LogP contribution in [-0.4, -0.2) is 31.6 Å². The summed E-state index contributed by atoms with van der Waals surface area (Å²) in [4.78, 5) is 28.1. The van der Waals surface area contributed by atoms with Crippen molar-refractivity contribution < 1.29 is 23.5 Å². The molecule has 142 valence electrons. The van der Waals surface area contributed by atoms with Crippen molar-refractivity contribution in [1.82, 2.24) is 19.9 Å². The average molecular weight is 403 g/mol. The molecule has 1 aromatic carbocycles. The molecule has 0 aliphatic carbocycles. The second-order valence-corrected chi connectivity index (χ2v) is 6.43. The van der Waals surface area contributed by atoms with Crippen molar-refractivity contribution in [2.75, 3.05) is 0 Å². The Hall–Kier alpha value is -3.46. The van der Waals surface area contributed by atoms with Gasteiger partial charge in [0.2, 0.25) is 0 Å². The number of carboxylic acids is 1. The molecule has 1 amide bonds. The standard InChI is InChI=1S/C18H12ClFN4O4/c1-8(23-17(25)12-7-22-24-4-2-3-21-16(12)24)14-13(19)10-5-9(20)6-11(18(26)27)15(10)28-14/h2-8H,1H3,(H,23,25)(H,26,27). The molecule has 28 heavy (non-hydrogen) atoms. The third kappa shape index (κ3) is 2.85. The molecule has 0 spiro atoms. The van der Waals surface area contributed by atoms with Gasteiger partial charge in [-0.3, -0.25) is 4.79 Å². The number of carbonyl (C=O) groups excluding carboxylic acids is 1. The maximum atomic E-state index is 13.7. The maximum absolute atomic E-state index is 13.7. The Labute approximate surface area is 161 Å². The molecule has 10 heteroatoms. The van der Waals surface area contributed by atoms with Gasteiger partial charge in [-0.1, -0.05) is 11.6 Å². The van der Waals surface area contributed by atoms with Crippen LogP contribution in [0.3, 0.4) is 0 Å². The highest BCUT2D eigenvalue weighted by Gasteiger charge is 2.25. The lowest BCUT2D eigenvalue weighted by Crippen LogP contribution is -2.26. The quantitative estimate of drug-likeness (QED) is 0.541. The van der Waals surface area contributed by atoms with Gasteiger partial charge >= 0.3 is 5.97 Å².